The molecule has 3 heteroatoms. The van der Waals surface area contributed by atoms with Crippen molar-refractivity contribution < 1.29 is 4.79 Å². The highest BCUT2D eigenvalue weighted by atomic mass is 16.1. The summed E-state index contributed by atoms with van der Waals surface area (Å²) < 4.78 is 4.24. The van der Waals surface area contributed by atoms with Crippen LogP contribution in [0, 0.1) is 0 Å². The predicted molar refractivity (Wildman–Crippen MR) is 124 cm³/mol. The summed E-state index contributed by atoms with van der Waals surface area (Å²) in [5, 5.41) is 2.28. The topological polar surface area (TPSA) is 26.9 Å². The molecule has 0 bridgehead atoms. The fraction of sp³-hybridized carbons (Fsp3) is 0.0741. The van der Waals surface area contributed by atoms with E-state index in [1.54, 1.807) is 6.08 Å². The number of benzene rings is 3. The van der Waals surface area contributed by atoms with E-state index in [-0.39, 0.29) is 5.78 Å². The van der Waals surface area contributed by atoms with E-state index in [0.717, 1.165) is 38.5 Å². The highest BCUT2D eigenvalue weighted by Crippen LogP contribution is 2.36. The zero-order valence-electron chi connectivity index (χ0n) is 17.0. The Kier molecular flexibility index (Phi) is 4.36. The molecule has 2 aromatic heterocycles. The average Bonchev–Trinajstić information content (AvgIpc) is 3.30. The number of hydrogen-bond acceptors (Lipinski definition) is 1. The molecule has 0 aliphatic carbocycles. The molecule has 0 atom stereocenters. The predicted octanol–water partition coefficient (Wildman–Crippen LogP) is 5.98. The number of aryl methyl sites for hydroxylation is 2. The number of nitrogens with zero attached hydrogens (tertiary/aromatic N) is 2. The zero-order chi connectivity index (χ0) is 20.7. The van der Waals surface area contributed by atoms with Crippen LogP contribution in [0.15, 0.2) is 97.3 Å². The lowest BCUT2D eigenvalue weighted by atomic mass is 9.94. The lowest BCUT2D eigenvalue weighted by Crippen LogP contribution is -1.97. The van der Waals surface area contributed by atoms with Gasteiger partial charge in [-0.05, 0) is 23.8 Å². The summed E-state index contributed by atoms with van der Waals surface area (Å²) in [6.07, 6.45) is 6.03. The number of carbonyl (C=O) groups excluding carboxylic acids is 1. The van der Waals surface area contributed by atoms with Crippen LogP contribution in [0.5, 0.6) is 0 Å². The Morgan fingerprint density at radius 3 is 1.67 bits per heavy atom. The molecule has 0 spiro atoms. The third kappa shape index (κ3) is 2.96. The fourth-order valence-corrected chi connectivity index (χ4v) is 4.23. The number of rotatable bonds is 4. The Balaban J connectivity index is 1.80. The van der Waals surface area contributed by atoms with Crippen molar-refractivity contribution in [2.75, 3.05) is 0 Å². The SMILES string of the molecule is Cn1cc(C(=CC(=O)c2ccccc2)c2cn(C)c3ccccc23)c2ccccc21. The maximum atomic E-state index is 13.2. The molecule has 0 amide bonds. The maximum absolute atomic E-state index is 13.2. The molecule has 0 radical (unpaired) electrons. The van der Waals surface area contributed by atoms with Gasteiger partial charge in [-0.3, -0.25) is 4.79 Å². The van der Waals surface area contributed by atoms with Gasteiger partial charge >= 0.3 is 0 Å². The molecular formula is C27H22N2O. The number of allylic oxidation sites excluding steroid dienone is 1. The van der Waals surface area contributed by atoms with Gasteiger partial charge in [-0.25, -0.2) is 0 Å². The highest BCUT2D eigenvalue weighted by Gasteiger charge is 2.18. The lowest BCUT2D eigenvalue weighted by molar-refractivity contribution is 0.104. The van der Waals surface area contributed by atoms with Crippen molar-refractivity contribution in [3.8, 4) is 0 Å². The quantitative estimate of drug-likeness (QED) is 0.274. The van der Waals surface area contributed by atoms with E-state index in [4.69, 9.17) is 0 Å². The molecule has 0 aliphatic rings. The first-order chi connectivity index (χ1) is 14.6. The smallest absolute Gasteiger partial charge is 0.186 e. The fourth-order valence-electron chi connectivity index (χ4n) is 4.23. The Hall–Kier alpha value is -3.85. The van der Waals surface area contributed by atoms with Crippen molar-refractivity contribution in [2.45, 2.75) is 0 Å². The van der Waals surface area contributed by atoms with Crippen molar-refractivity contribution in [1.29, 1.82) is 0 Å². The second-order valence-electron chi connectivity index (χ2n) is 7.63. The van der Waals surface area contributed by atoms with Crippen LogP contribution in [-0.4, -0.2) is 14.9 Å². The molecule has 30 heavy (non-hydrogen) atoms. The second-order valence-corrected chi connectivity index (χ2v) is 7.63. The Labute approximate surface area is 175 Å². The van der Waals surface area contributed by atoms with Crippen LogP contribution < -0.4 is 0 Å². The number of aromatic nitrogens is 2. The molecular weight excluding hydrogens is 368 g/mol. The average molecular weight is 390 g/mol. The van der Waals surface area contributed by atoms with Crippen LogP contribution in [0.1, 0.15) is 21.5 Å². The molecule has 0 N–H and O–H groups in total. The molecule has 3 aromatic carbocycles. The Morgan fingerprint density at radius 1 is 0.667 bits per heavy atom. The molecule has 5 rings (SSSR count). The van der Waals surface area contributed by atoms with Gasteiger partial charge in [0.1, 0.15) is 0 Å². The van der Waals surface area contributed by atoms with E-state index in [2.05, 4.69) is 45.8 Å². The van der Waals surface area contributed by atoms with E-state index in [1.165, 1.54) is 0 Å². The largest absolute Gasteiger partial charge is 0.350 e. The van der Waals surface area contributed by atoms with Crippen LogP contribution in [0.2, 0.25) is 0 Å². The Bertz CT molecular complexity index is 1340. The molecule has 0 unspecified atom stereocenters. The summed E-state index contributed by atoms with van der Waals surface area (Å²) in [4.78, 5) is 13.2. The van der Waals surface area contributed by atoms with Crippen molar-refractivity contribution in [1.82, 2.24) is 9.13 Å². The van der Waals surface area contributed by atoms with Gasteiger partial charge in [0.2, 0.25) is 0 Å². The summed E-state index contributed by atoms with van der Waals surface area (Å²) in [5.74, 6) is 0.00599. The van der Waals surface area contributed by atoms with Crippen molar-refractivity contribution >= 4 is 33.2 Å². The lowest BCUT2D eigenvalue weighted by Gasteiger charge is -2.07. The van der Waals surface area contributed by atoms with Crippen molar-refractivity contribution in [3.05, 3.63) is 114 Å². The van der Waals surface area contributed by atoms with E-state index in [0.29, 0.717) is 5.56 Å². The summed E-state index contributed by atoms with van der Waals surface area (Å²) >= 11 is 0. The minimum atomic E-state index is 0.00599. The molecule has 0 aliphatic heterocycles. The van der Waals surface area contributed by atoms with Crippen molar-refractivity contribution in [3.63, 3.8) is 0 Å². The first-order valence-corrected chi connectivity index (χ1v) is 10.0. The van der Waals surface area contributed by atoms with Gasteiger partial charge in [0.25, 0.3) is 0 Å². The third-order valence-corrected chi connectivity index (χ3v) is 5.71. The van der Waals surface area contributed by atoms with Crippen LogP contribution in [-0.2, 0) is 14.1 Å². The van der Waals surface area contributed by atoms with Crippen LogP contribution >= 0.6 is 0 Å². The summed E-state index contributed by atoms with van der Waals surface area (Å²) in [6, 6.07) is 26.1. The minimum absolute atomic E-state index is 0.00599. The molecule has 0 saturated heterocycles. The molecule has 3 nitrogen and oxygen atoms in total. The van der Waals surface area contributed by atoms with Gasteiger partial charge in [0.15, 0.2) is 5.78 Å². The number of carbonyl (C=O) groups is 1. The summed E-state index contributed by atoms with van der Waals surface area (Å²) in [7, 11) is 4.09. The molecule has 2 heterocycles. The van der Waals surface area contributed by atoms with Gasteiger partial charge < -0.3 is 9.13 Å². The van der Waals surface area contributed by atoms with Crippen molar-refractivity contribution in [2.24, 2.45) is 14.1 Å². The van der Waals surface area contributed by atoms with E-state index in [1.807, 2.05) is 68.7 Å². The maximum Gasteiger partial charge on any atom is 0.186 e. The van der Waals surface area contributed by atoms with E-state index >= 15 is 0 Å². The molecule has 146 valence electrons. The van der Waals surface area contributed by atoms with Gasteiger partial charge in [-0.1, -0.05) is 66.7 Å². The molecule has 5 aromatic rings. The normalized spacial score (nSPS) is 11.1. The van der Waals surface area contributed by atoms with Crippen LogP contribution in [0.3, 0.4) is 0 Å². The Morgan fingerprint density at radius 2 is 1.13 bits per heavy atom. The van der Waals surface area contributed by atoms with Gasteiger partial charge in [0.05, 0.1) is 0 Å². The van der Waals surface area contributed by atoms with Gasteiger partial charge in [-0.2, -0.15) is 0 Å². The number of fused-ring (bicyclic) bond motifs is 2. The monoisotopic (exact) mass is 390 g/mol. The molecule has 0 saturated carbocycles. The standard InChI is InChI=1S/C27H22N2O/c1-28-17-23(20-12-6-8-14-25(20)28)22(16-27(30)19-10-4-3-5-11-19)24-18-29(2)26-15-9-7-13-21(24)26/h3-18H,1-2H3. The summed E-state index contributed by atoms with van der Waals surface area (Å²) in [6.45, 7) is 0. The molecule has 0 fully saturated rings. The third-order valence-electron chi connectivity index (χ3n) is 5.71. The van der Waals surface area contributed by atoms with Crippen LogP contribution in [0.25, 0.3) is 27.4 Å². The first kappa shape index (κ1) is 18.2. The summed E-state index contributed by atoms with van der Waals surface area (Å²) in [5.41, 5.74) is 6.05. The number of ketones is 1. The van der Waals surface area contributed by atoms with Gasteiger partial charge in [0, 0.05) is 65.0 Å². The zero-order valence-corrected chi connectivity index (χ0v) is 17.0. The number of hydrogen-bond donors (Lipinski definition) is 0. The van der Waals surface area contributed by atoms with Gasteiger partial charge in [-0.15, -0.1) is 0 Å². The van der Waals surface area contributed by atoms with Crippen LogP contribution in [0.4, 0.5) is 0 Å². The highest BCUT2D eigenvalue weighted by molar-refractivity contribution is 6.14. The van der Waals surface area contributed by atoms with E-state index in [9.17, 15) is 4.79 Å². The van der Waals surface area contributed by atoms with E-state index < -0.39 is 0 Å². The minimum Gasteiger partial charge on any atom is -0.350 e. The first-order valence-electron chi connectivity index (χ1n) is 10.0. The number of para-hydroxylation sites is 2. The second kappa shape index (κ2) is 7.20.